The molecular formula is C17H20N4O3. The third-order valence-corrected chi connectivity index (χ3v) is 3.62. The van der Waals surface area contributed by atoms with E-state index in [1.807, 2.05) is 18.2 Å². The molecule has 3 rings (SSSR count). The fourth-order valence-corrected chi connectivity index (χ4v) is 2.25. The smallest absolute Gasteiger partial charge is 0.254 e. The summed E-state index contributed by atoms with van der Waals surface area (Å²) < 4.78 is 10.6. The molecule has 1 aliphatic rings. The Morgan fingerprint density at radius 2 is 2.00 bits per heavy atom. The number of carbonyl (C=O) groups is 1. The van der Waals surface area contributed by atoms with Gasteiger partial charge >= 0.3 is 0 Å². The first kappa shape index (κ1) is 16.0. The number of ether oxygens (including phenoxy) is 2. The van der Waals surface area contributed by atoms with Crippen molar-refractivity contribution in [2.24, 2.45) is 0 Å². The summed E-state index contributed by atoms with van der Waals surface area (Å²) in [6.07, 6.45) is 5.05. The maximum absolute atomic E-state index is 11.9. The number of aromatic nitrogens is 2. The predicted octanol–water partition coefficient (Wildman–Crippen LogP) is 2.35. The van der Waals surface area contributed by atoms with Gasteiger partial charge in [0.2, 0.25) is 12.7 Å². The van der Waals surface area contributed by atoms with Crippen molar-refractivity contribution in [2.75, 3.05) is 18.7 Å². The summed E-state index contributed by atoms with van der Waals surface area (Å²) in [5, 5.41) is 5.96. The van der Waals surface area contributed by atoms with Crippen molar-refractivity contribution >= 4 is 11.9 Å². The molecule has 0 spiro atoms. The van der Waals surface area contributed by atoms with Gasteiger partial charge < -0.3 is 20.1 Å². The Morgan fingerprint density at radius 1 is 1.21 bits per heavy atom. The van der Waals surface area contributed by atoms with E-state index in [0.29, 0.717) is 24.6 Å². The summed E-state index contributed by atoms with van der Waals surface area (Å²) in [5.41, 5.74) is 1.49. The monoisotopic (exact) mass is 328 g/mol. The highest BCUT2D eigenvalue weighted by atomic mass is 16.7. The minimum Gasteiger partial charge on any atom is -0.454 e. The zero-order valence-electron chi connectivity index (χ0n) is 13.5. The van der Waals surface area contributed by atoms with E-state index >= 15 is 0 Å². The molecule has 126 valence electrons. The van der Waals surface area contributed by atoms with Crippen LogP contribution in [0.25, 0.3) is 0 Å². The van der Waals surface area contributed by atoms with Crippen molar-refractivity contribution in [2.45, 2.75) is 26.3 Å². The van der Waals surface area contributed by atoms with E-state index in [1.165, 1.54) is 12.4 Å². The van der Waals surface area contributed by atoms with Gasteiger partial charge in [0.25, 0.3) is 5.91 Å². The van der Waals surface area contributed by atoms with Gasteiger partial charge in [-0.25, -0.2) is 9.97 Å². The zero-order valence-corrected chi connectivity index (χ0v) is 13.5. The Kier molecular flexibility index (Phi) is 5.10. The van der Waals surface area contributed by atoms with Crippen LogP contribution in [0.15, 0.2) is 30.6 Å². The molecule has 1 aromatic heterocycles. The summed E-state index contributed by atoms with van der Waals surface area (Å²) in [4.78, 5) is 20.2. The maximum atomic E-state index is 11.9. The third kappa shape index (κ3) is 3.92. The number of nitrogens with zero attached hydrogens (tertiary/aromatic N) is 2. The maximum Gasteiger partial charge on any atom is 0.254 e. The van der Waals surface area contributed by atoms with Crippen LogP contribution in [-0.4, -0.2) is 29.2 Å². The predicted molar refractivity (Wildman–Crippen MR) is 89.2 cm³/mol. The number of amides is 1. The summed E-state index contributed by atoms with van der Waals surface area (Å²) in [6.45, 7) is 3.56. The van der Waals surface area contributed by atoms with E-state index in [1.54, 1.807) is 0 Å². The number of benzene rings is 1. The molecule has 0 aliphatic carbocycles. The lowest BCUT2D eigenvalue weighted by molar-refractivity contribution is 0.0952. The molecule has 0 saturated carbocycles. The molecule has 2 N–H and O–H groups in total. The van der Waals surface area contributed by atoms with Gasteiger partial charge in [-0.3, -0.25) is 4.79 Å². The molecule has 0 bridgehead atoms. The SMILES string of the molecule is CCCCNC(=O)c1cnc(NCc2ccc3c(c2)OCO3)nc1. The molecule has 0 saturated heterocycles. The van der Waals surface area contributed by atoms with Crippen LogP contribution in [0.5, 0.6) is 11.5 Å². The molecule has 1 aliphatic heterocycles. The van der Waals surface area contributed by atoms with Crippen LogP contribution in [0.4, 0.5) is 5.95 Å². The van der Waals surface area contributed by atoms with Gasteiger partial charge in [0, 0.05) is 25.5 Å². The Balaban J connectivity index is 1.53. The van der Waals surface area contributed by atoms with Crippen molar-refractivity contribution in [1.29, 1.82) is 0 Å². The molecule has 7 nitrogen and oxygen atoms in total. The number of fused-ring (bicyclic) bond motifs is 1. The van der Waals surface area contributed by atoms with Crippen molar-refractivity contribution in [3.05, 3.63) is 41.7 Å². The number of unbranched alkanes of at least 4 members (excludes halogenated alkanes) is 1. The fraction of sp³-hybridized carbons (Fsp3) is 0.353. The number of hydrogen-bond donors (Lipinski definition) is 2. The number of nitrogens with one attached hydrogen (secondary N) is 2. The van der Waals surface area contributed by atoms with E-state index in [9.17, 15) is 4.79 Å². The van der Waals surface area contributed by atoms with Gasteiger partial charge in [-0.2, -0.15) is 0 Å². The van der Waals surface area contributed by atoms with Crippen molar-refractivity contribution in [3.63, 3.8) is 0 Å². The van der Waals surface area contributed by atoms with Gasteiger partial charge in [0.1, 0.15) is 0 Å². The minimum absolute atomic E-state index is 0.147. The van der Waals surface area contributed by atoms with Crippen molar-refractivity contribution in [1.82, 2.24) is 15.3 Å². The molecule has 1 aromatic carbocycles. The van der Waals surface area contributed by atoms with Crippen LogP contribution < -0.4 is 20.1 Å². The number of carbonyl (C=O) groups excluding carboxylic acids is 1. The van der Waals surface area contributed by atoms with Crippen LogP contribution >= 0.6 is 0 Å². The number of rotatable bonds is 7. The molecule has 2 heterocycles. The van der Waals surface area contributed by atoms with Gasteiger partial charge in [0.15, 0.2) is 11.5 Å². The normalized spacial score (nSPS) is 12.0. The van der Waals surface area contributed by atoms with Crippen LogP contribution in [-0.2, 0) is 6.54 Å². The Bertz CT molecular complexity index is 703. The van der Waals surface area contributed by atoms with Crippen molar-refractivity contribution < 1.29 is 14.3 Å². The Labute approximate surface area is 140 Å². The molecule has 0 atom stereocenters. The minimum atomic E-state index is -0.147. The third-order valence-electron chi connectivity index (χ3n) is 3.62. The van der Waals surface area contributed by atoms with E-state index in [0.717, 1.165) is 29.9 Å². The molecule has 0 radical (unpaired) electrons. The van der Waals surface area contributed by atoms with E-state index in [-0.39, 0.29) is 12.7 Å². The standard InChI is InChI=1S/C17H20N4O3/c1-2-3-6-18-16(22)13-9-20-17(21-10-13)19-8-12-4-5-14-15(7-12)24-11-23-14/h4-5,7,9-10H,2-3,6,8,11H2,1H3,(H,18,22)(H,19,20,21). The van der Waals surface area contributed by atoms with Crippen LogP contribution in [0.2, 0.25) is 0 Å². The van der Waals surface area contributed by atoms with E-state index < -0.39 is 0 Å². The molecule has 2 aromatic rings. The van der Waals surface area contributed by atoms with Crippen LogP contribution in [0, 0.1) is 0 Å². The average Bonchev–Trinajstić information content (AvgIpc) is 3.08. The lowest BCUT2D eigenvalue weighted by atomic mass is 10.2. The fourth-order valence-electron chi connectivity index (χ4n) is 2.25. The first-order valence-corrected chi connectivity index (χ1v) is 7.99. The lowest BCUT2D eigenvalue weighted by Crippen LogP contribution is -2.24. The average molecular weight is 328 g/mol. The van der Waals surface area contributed by atoms with Gasteiger partial charge in [0.05, 0.1) is 5.56 Å². The quantitative estimate of drug-likeness (QED) is 0.759. The summed E-state index contributed by atoms with van der Waals surface area (Å²) in [7, 11) is 0. The summed E-state index contributed by atoms with van der Waals surface area (Å²) >= 11 is 0. The topological polar surface area (TPSA) is 85.4 Å². The molecular weight excluding hydrogens is 308 g/mol. The molecule has 24 heavy (non-hydrogen) atoms. The second-order valence-electron chi connectivity index (χ2n) is 5.45. The molecule has 7 heteroatoms. The second-order valence-corrected chi connectivity index (χ2v) is 5.45. The Hall–Kier alpha value is -2.83. The molecule has 0 unspecified atom stereocenters. The molecule has 0 fully saturated rings. The van der Waals surface area contributed by atoms with Crippen LogP contribution in [0.1, 0.15) is 35.7 Å². The van der Waals surface area contributed by atoms with E-state index in [4.69, 9.17) is 9.47 Å². The highest BCUT2D eigenvalue weighted by Gasteiger charge is 2.13. The highest BCUT2D eigenvalue weighted by Crippen LogP contribution is 2.32. The molecule has 1 amide bonds. The highest BCUT2D eigenvalue weighted by molar-refractivity contribution is 5.93. The van der Waals surface area contributed by atoms with E-state index in [2.05, 4.69) is 27.5 Å². The zero-order chi connectivity index (χ0) is 16.8. The second kappa shape index (κ2) is 7.63. The summed E-state index contributed by atoms with van der Waals surface area (Å²) in [5.74, 6) is 1.83. The number of anilines is 1. The van der Waals surface area contributed by atoms with Crippen LogP contribution in [0.3, 0.4) is 0 Å². The largest absolute Gasteiger partial charge is 0.454 e. The lowest BCUT2D eigenvalue weighted by Gasteiger charge is -2.07. The number of hydrogen-bond acceptors (Lipinski definition) is 6. The van der Waals surface area contributed by atoms with Crippen molar-refractivity contribution in [3.8, 4) is 11.5 Å². The van der Waals surface area contributed by atoms with Gasteiger partial charge in [-0.15, -0.1) is 0 Å². The Morgan fingerprint density at radius 3 is 2.79 bits per heavy atom. The first-order valence-electron chi connectivity index (χ1n) is 7.99. The van der Waals surface area contributed by atoms with Gasteiger partial charge in [-0.05, 0) is 24.1 Å². The summed E-state index contributed by atoms with van der Waals surface area (Å²) in [6, 6.07) is 5.75. The first-order chi connectivity index (χ1) is 11.8. The van der Waals surface area contributed by atoms with Gasteiger partial charge in [-0.1, -0.05) is 19.4 Å².